The van der Waals surface area contributed by atoms with E-state index in [9.17, 15) is 0 Å². The summed E-state index contributed by atoms with van der Waals surface area (Å²) in [6.07, 6.45) is 3.53. The maximum atomic E-state index is 4.16. The normalized spacial score (nSPS) is 27.9. The molecule has 14 heavy (non-hydrogen) atoms. The van der Waals surface area contributed by atoms with Gasteiger partial charge >= 0.3 is 0 Å². The first-order chi connectivity index (χ1) is 6.75. The summed E-state index contributed by atoms with van der Waals surface area (Å²) in [5.74, 6) is 1.39. The highest BCUT2D eigenvalue weighted by Crippen LogP contribution is 2.17. The van der Waals surface area contributed by atoms with Crippen molar-refractivity contribution in [1.82, 2.24) is 14.9 Å². The molecule has 1 aliphatic heterocycles. The molecular weight excluding hydrogens is 176 g/mol. The molecule has 4 heteroatoms. The van der Waals surface area contributed by atoms with E-state index in [0.717, 1.165) is 19.0 Å². The Hall–Kier alpha value is -1.16. The average molecular weight is 192 g/mol. The Morgan fingerprint density at radius 1 is 1.36 bits per heavy atom. The summed E-state index contributed by atoms with van der Waals surface area (Å²) in [6.45, 7) is 4.47. The van der Waals surface area contributed by atoms with Crippen molar-refractivity contribution in [1.29, 1.82) is 0 Å². The van der Waals surface area contributed by atoms with Crippen molar-refractivity contribution in [2.75, 3.05) is 25.5 Å². The highest BCUT2D eigenvalue weighted by Gasteiger charge is 2.27. The van der Waals surface area contributed by atoms with E-state index in [2.05, 4.69) is 34.2 Å². The lowest BCUT2D eigenvalue weighted by Crippen LogP contribution is -2.27. The zero-order valence-electron chi connectivity index (χ0n) is 8.64. The van der Waals surface area contributed by atoms with Crippen LogP contribution in [0.25, 0.3) is 0 Å². The zero-order chi connectivity index (χ0) is 9.97. The summed E-state index contributed by atoms with van der Waals surface area (Å²) in [4.78, 5) is 10.6. The molecule has 2 atom stereocenters. The van der Waals surface area contributed by atoms with Crippen LogP contribution in [0.2, 0.25) is 0 Å². The number of anilines is 1. The van der Waals surface area contributed by atoms with Crippen LogP contribution in [0.15, 0.2) is 18.5 Å². The smallest absolute Gasteiger partial charge is 0.222 e. The second-order valence-corrected chi connectivity index (χ2v) is 4.02. The number of rotatable bonds is 2. The van der Waals surface area contributed by atoms with Gasteiger partial charge in [-0.25, -0.2) is 9.97 Å². The Kier molecular flexibility index (Phi) is 2.63. The van der Waals surface area contributed by atoms with E-state index in [1.165, 1.54) is 0 Å². The third-order valence-electron chi connectivity index (χ3n) is 2.68. The van der Waals surface area contributed by atoms with Gasteiger partial charge in [-0.15, -0.1) is 0 Å². The monoisotopic (exact) mass is 192 g/mol. The molecule has 0 aromatic carbocycles. The van der Waals surface area contributed by atoms with Gasteiger partial charge in [-0.3, -0.25) is 0 Å². The fourth-order valence-corrected chi connectivity index (χ4v) is 1.94. The molecule has 1 saturated heterocycles. The van der Waals surface area contributed by atoms with Crippen LogP contribution in [0.3, 0.4) is 0 Å². The van der Waals surface area contributed by atoms with Crippen molar-refractivity contribution in [3.8, 4) is 0 Å². The Morgan fingerprint density at radius 3 is 2.64 bits per heavy atom. The van der Waals surface area contributed by atoms with Crippen molar-refractivity contribution in [2.24, 2.45) is 5.92 Å². The third kappa shape index (κ3) is 2.01. The molecule has 2 rings (SSSR count). The SMILES string of the molecule is CC1CN(C)CC1Nc1ncccn1. The molecule has 2 heterocycles. The molecule has 0 spiro atoms. The summed E-state index contributed by atoms with van der Waals surface area (Å²) < 4.78 is 0. The quantitative estimate of drug-likeness (QED) is 0.754. The fraction of sp³-hybridized carbons (Fsp3) is 0.600. The molecule has 1 N–H and O–H groups in total. The fourth-order valence-electron chi connectivity index (χ4n) is 1.94. The Bertz CT molecular complexity index is 287. The van der Waals surface area contributed by atoms with Crippen LogP contribution < -0.4 is 5.32 Å². The molecule has 2 unspecified atom stereocenters. The lowest BCUT2D eigenvalue weighted by molar-refractivity contribution is 0.401. The standard InChI is InChI=1S/C10H16N4/c1-8-6-14(2)7-9(8)13-10-11-4-3-5-12-10/h3-5,8-9H,6-7H2,1-2H3,(H,11,12,13). The van der Waals surface area contributed by atoms with Gasteiger partial charge in [-0.1, -0.05) is 6.92 Å². The number of likely N-dealkylation sites (tertiary alicyclic amines) is 1. The number of aromatic nitrogens is 2. The van der Waals surface area contributed by atoms with Gasteiger partial charge in [-0.2, -0.15) is 0 Å². The molecule has 0 amide bonds. The van der Waals surface area contributed by atoms with E-state index in [1.54, 1.807) is 12.4 Å². The van der Waals surface area contributed by atoms with E-state index in [-0.39, 0.29) is 0 Å². The Labute approximate surface area is 84.4 Å². The molecule has 4 nitrogen and oxygen atoms in total. The van der Waals surface area contributed by atoms with Crippen molar-refractivity contribution < 1.29 is 0 Å². The minimum atomic E-state index is 0.474. The number of likely N-dealkylation sites (N-methyl/N-ethyl adjacent to an activating group) is 1. The first kappa shape index (κ1) is 9.40. The van der Waals surface area contributed by atoms with Gasteiger partial charge in [0.05, 0.1) is 0 Å². The maximum absolute atomic E-state index is 4.16. The second kappa shape index (κ2) is 3.92. The Morgan fingerprint density at radius 2 is 2.07 bits per heavy atom. The maximum Gasteiger partial charge on any atom is 0.222 e. The molecule has 1 fully saturated rings. The molecule has 0 saturated carbocycles. The zero-order valence-corrected chi connectivity index (χ0v) is 8.64. The predicted molar refractivity (Wildman–Crippen MR) is 56.1 cm³/mol. The summed E-state index contributed by atoms with van der Waals surface area (Å²) >= 11 is 0. The van der Waals surface area contributed by atoms with Gasteiger partial charge in [0.2, 0.25) is 5.95 Å². The van der Waals surface area contributed by atoms with E-state index < -0.39 is 0 Å². The van der Waals surface area contributed by atoms with Crippen molar-refractivity contribution in [3.63, 3.8) is 0 Å². The molecule has 1 aromatic rings. The van der Waals surface area contributed by atoms with Crippen LogP contribution in [0.5, 0.6) is 0 Å². The number of hydrogen-bond acceptors (Lipinski definition) is 4. The topological polar surface area (TPSA) is 41.0 Å². The molecule has 1 aromatic heterocycles. The summed E-state index contributed by atoms with van der Waals surface area (Å²) in [6, 6.07) is 2.30. The average Bonchev–Trinajstić information content (AvgIpc) is 2.47. The first-order valence-corrected chi connectivity index (χ1v) is 4.98. The van der Waals surface area contributed by atoms with Crippen LogP contribution >= 0.6 is 0 Å². The second-order valence-electron chi connectivity index (χ2n) is 4.02. The number of hydrogen-bond donors (Lipinski definition) is 1. The van der Waals surface area contributed by atoms with Gasteiger partial charge in [-0.05, 0) is 19.0 Å². The number of nitrogens with zero attached hydrogens (tertiary/aromatic N) is 3. The molecule has 1 aliphatic rings. The van der Waals surface area contributed by atoms with Crippen molar-refractivity contribution in [3.05, 3.63) is 18.5 Å². The lowest BCUT2D eigenvalue weighted by atomic mass is 10.1. The highest BCUT2D eigenvalue weighted by molar-refractivity contribution is 5.25. The summed E-state index contributed by atoms with van der Waals surface area (Å²) in [7, 11) is 2.14. The van der Waals surface area contributed by atoms with Crippen molar-refractivity contribution in [2.45, 2.75) is 13.0 Å². The highest BCUT2D eigenvalue weighted by atomic mass is 15.2. The molecule has 0 bridgehead atoms. The van der Waals surface area contributed by atoms with Gasteiger partial charge in [0, 0.05) is 31.5 Å². The van der Waals surface area contributed by atoms with E-state index in [1.807, 2.05) is 6.07 Å². The van der Waals surface area contributed by atoms with E-state index in [4.69, 9.17) is 0 Å². The van der Waals surface area contributed by atoms with Crippen molar-refractivity contribution >= 4 is 5.95 Å². The summed E-state index contributed by atoms with van der Waals surface area (Å²) in [5, 5.41) is 3.36. The molecular formula is C10H16N4. The minimum absolute atomic E-state index is 0.474. The van der Waals surface area contributed by atoms with E-state index >= 15 is 0 Å². The Balaban J connectivity index is 1.98. The lowest BCUT2D eigenvalue weighted by Gasteiger charge is -2.15. The number of nitrogens with one attached hydrogen (secondary N) is 1. The van der Waals surface area contributed by atoms with Gasteiger partial charge in [0.1, 0.15) is 0 Å². The van der Waals surface area contributed by atoms with Crippen LogP contribution in [-0.2, 0) is 0 Å². The van der Waals surface area contributed by atoms with Gasteiger partial charge in [0.25, 0.3) is 0 Å². The van der Waals surface area contributed by atoms with Gasteiger partial charge in [0.15, 0.2) is 0 Å². The minimum Gasteiger partial charge on any atom is -0.350 e. The van der Waals surface area contributed by atoms with Crippen LogP contribution in [0.4, 0.5) is 5.95 Å². The van der Waals surface area contributed by atoms with Gasteiger partial charge < -0.3 is 10.2 Å². The van der Waals surface area contributed by atoms with E-state index in [0.29, 0.717) is 12.0 Å². The van der Waals surface area contributed by atoms with Crippen LogP contribution in [-0.4, -0.2) is 41.0 Å². The van der Waals surface area contributed by atoms with Crippen LogP contribution in [0.1, 0.15) is 6.92 Å². The molecule has 0 radical (unpaired) electrons. The predicted octanol–water partition coefficient (Wildman–Crippen LogP) is 0.839. The molecule has 0 aliphatic carbocycles. The third-order valence-corrected chi connectivity index (χ3v) is 2.68. The largest absolute Gasteiger partial charge is 0.350 e. The van der Waals surface area contributed by atoms with Crippen LogP contribution in [0, 0.1) is 5.92 Å². The first-order valence-electron chi connectivity index (χ1n) is 4.98. The molecule has 76 valence electrons. The summed E-state index contributed by atoms with van der Waals surface area (Å²) in [5.41, 5.74) is 0.